The molecule has 0 aromatic carbocycles. The fraction of sp³-hybridized carbons (Fsp3) is 1.00. The molecule has 0 aliphatic carbocycles. The largest absolute Gasteiger partial charge is 0.315 e. The fourth-order valence-electron chi connectivity index (χ4n) is 0.207. The average Bonchev–Trinajstić information content (AvgIpc) is 1.62. The zero-order chi connectivity index (χ0) is 6.78. The van der Waals surface area contributed by atoms with Gasteiger partial charge in [0.2, 0.25) is 0 Å². The van der Waals surface area contributed by atoms with Gasteiger partial charge in [-0.3, -0.25) is 5.73 Å². The van der Waals surface area contributed by atoms with Crippen LogP contribution in [-0.4, -0.2) is 37.7 Å². The molecule has 0 heterocycles. The standard InChI is InChI=1S/C5H14ClN2/c1-8(2,3)5(7)4-6/h5H,4,7H2,1-3H3/q+1. The molecule has 50 valence electrons. The molecule has 3 heteroatoms. The van der Waals surface area contributed by atoms with Crippen LogP contribution in [0.3, 0.4) is 0 Å². The summed E-state index contributed by atoms with van der Waals surface area (Å²) in [5.74, 6) is 0.517. The molecule has 1 unspecified atom stereocenters. The Morgan fingerprint density at radius 1 is 1.50 bits per heavy atom. The lowest BCUT2D eigenvalue weighted by Gasteiger charge is -2.29. The van der Waals surface area contributed by atoms with Crippen molar-refractivity contribution in [2.75, 3.05) is 27.0 Å². The van der Waals surface area contributed by atoms with Crippen molar-refractivity contribution in [3.05, 3.63) is 0 Å². The molecule has 0 rings (SSSR count). The van der Waals surface area contributed by atoms with E-state index in [9.17, 15) is 0 Å². The number of halogens is 1. The van der Waals surface area contributed by atoms with E-state index in [1.165, 1.54) is 0 Å². The first kappa shape index (κ1) is 8.21. The Balaban J connectivity index is 3.62. The van der Waals surface area contributed by atoms with Crippen molar-refractivity contribution in [3.8, 4) is 0 Å². The van der Waals surface area contributed by atoms with Gasteiger partial charge < -0.3 is 4.48 Å². The van der Waals surface area contributed by atoms with Crippen LogP contribution in [0.2, 0.25) is 0 Å². The van der Waals surface area contributed by atoms with Gasteiger partial charge in [-0.05, 0) is 0 Å². The first-order chi connectivity index (χ1) is 3.48. The number of alkyl halides is 1. The lowest BCUT2D eigenvalue weighted by molar-refractivity contribution is -0.893. The summed E-state index contributed by atoms with van der Waals surface area (Å²) in [7, 11) is 6.06. The third-order valence-corrected chi connectivity index (χ3v) is 1.47. The second-order valence-electron chi connectivity index (χ2n) is 2.84. The molecular weight excluding hydrogens is 124 g/mol. The van der Waals surface area contributed by atoms with Gasteiger partial charge in [-0.2, -0.15) is 0 Å². The maximum Gasteiger partial charge on any atom is 0.153 e. The van der Waals surface area contributed by atoms with E-state index in [4.69, 9.17) is 17.3 Å². The van der Waals surface area contributed by atoms with Crippen molar-refractivity contribution in [3.63, 3.8) is 0 Å². The minimum atomic E-state index is 0.0525. The summed E-state index contributed by atoms with van der Waals surface area (Å²) in [5.41, 5.74) is 5.59. The maximum atomic E-state index is 5.59. The van der Waals surface area contributed by atoms with Gasteiger partial charge in [0.1, 0.15) is 0 Å². The molecule has 0 bridgehead atoms. The molecule has 0 amide bonds. The normalized spacial score (nSPS) is 16.1. The first-order valence-electron chi connectivity index (χ1n) is 2.61. The van der Waals surface area contributed by atoms with E-state index in [0.717, 1.165) is 4.48 Å². The van der Waals surface area contributed by atoms with Gasteiger partial charge in [0, 0.05) is 0 Å². The third kappa shape index (κ3) is 2.50. The summed E-state index contributed by atoms with van der Waals surface area (Å²) in [6, 6.07) is 0. The van der Waals surface area contributed by atoms with Gasteiger partial charge in [0.05, 0.1) is 27.0 Å². The molecule has 0 saturated carbocycles. The lowest BCUT2D eigenvalue weighted by atomic mass is 10.5. The van der Waals surface area contributed by atoms with Crippen LogP contribution < -0.4 is 5.73 Å². The highest BCUT2D eigenvalue weighted by Crippen LogP contribution is 1.96. The molecule has 0 aromatic rings. The topological polar surface area (TPSA) is 26.0 Å². The Morgan fingerprint density at radius 2 is 1.88 bits per heavy atom. The second kappa shape index (κ2) is 2.67. The van der Waals surface area contributed by atoms with E-state index in [2.05, 4.69) is 0 Å². The van der Waals surface area contributed by atoms with Crippen LogP contribution >= 0.6 is 11.6 Å². The minimum absolute atomic E-state index is 0.0525. The summed E-state index contributed by atoms with van der Waals surface area (Å²) >= 11 is 5.50. The molecule has 8 heavy (non-hydrogen) atoms. The average molecular weight is 138 g/mol. The molecule has 1 atom stereocenters. The zero-order valence-corrected chi connectivity index (χ0v) is 6.44. The smallest absolute Gasteiger partial charge is 0.153 e. The van der Waals surface area contributed by atoms with Crippen molar-refractivity contribution in [2.24, 2.45) is 5.73 Å². The summed E-state index contributed by atoms with van der Waals surface area (Å²) in [6.07, 6.45) is 0.0525. The van der Waals surface area contributed by atoms with Crippen LogP contribution in [0.1, 0.15) is 0 Å². The Kier molecular flexibility index (Phi) is 2.74. The zero-order valence-electron chi connectivity index (χ0n) is 5.69. The monoisotopic (exact) mass is 137 g/mol. The Morgan fingerprint density at radius 3 is 1.88 bits per heavy atom. The summed E-state index contributed by atoms with van der Waals surface area (Å²) in [5, 5.41) is 0. The Hall–Kier alpha value is 0.210. The van der Waals surface area contributed by atoms with Crippen molar-refractivity contribution in [1.29, 1.82) is 0 Å². The van der Waals surface area contributed by atoms with Crippen LogP contribution in [0.5, 0.6) is 0 Å². The molecule has 0 radical (unpaired) electrons. The van der Waals surface area contributed by atoms with Crippen LogP contribution in [-0.2, 0) is 0 Å². The van der Waals surface area contributed by atoms with Gasteiger partial charge in [0.25, 0.3) is 0 Å². The SMILES string of the molecule is C[N+](C)(C)C(N)CCl. The molecule has 0 saturated heterocycles. The van der Waals surface area contributed by atoms with Crippen molar-refractivity contribution in [1.82, 2.24) is 0 Å². The Labute approximate surface area is 55.8 Å². The van der Waals surface area contributed by atoms with Crippen molar-refractivity contribution in [2.45, 2.75) is 6.17 Å². The van der Waals surface area contributed by atoms with Gasteiger partial charge in [-0.1, -0.05) is 0 Å². The van der Waals surface area contributed by atoms with Crippen molar-refractivity contribution < 1.29 is 4.48 Å². The quantitative estimate of drug-likeness (QED) is 0.329. The van der Waals surface area contributed by atoms with Crippen LogP contribution in [0.25, 0.3) is 0 Å². The van der Waals surface area contributed by atoms with E-state index in [1.54, 1.807) is 0 Å². The highest BCUT2D eigenvalue weighted by molar-refractivity contribution is 6.18. The molecule has 0 fully saturated rings. The molecule has 2 nitrogen and oxygen atoms in total. The summed E-state index contributed by atoms with van der Waals surface area (Å²) < 4.78 is 0.726. The molecule has 0 aromatic heterocycles. The molecule has 0 aliphatic heterocycles. The second-order valence-corrected chi connectivity index (χ2v) is 3.15. The predicted molar refractivity (Wildman–Crippen MR) is 36.7 cm³/mol. The first-order valence-corrected chi connectivity index (χ1v) is 3.14. The molecule has 0 spiro atoms. The summed E-state index contributed by atoms with van der Waals surface area (Å²) in [6.45, 7) is 0. The van der Waals surface area contributed by atoms with Crippen molar-refractivity contribution >= 4 is 11.6 Å². The van der Waals surface area contributed by atoms with E-state index in [-0.39, 0.29) is 6.17 Å². The third-order valence-electron chi connectivity index (χ3n) is 1.15. The number of nitrogens with two attached hydrogens (primary N) is 1. The number of rotatable bonds is 2. The maximum absolute atomic E-state index is 5.59. The molecular formula is C5H14ClN2+. The number of hydrogen-bond acceptors (Lipinski definition) is 1. The van der Waals surface area contributed by atoms with Gasteiger partial charge >= 0.3 is 0 Å². The van der Waals surface area contributed by atoms with Gasteiger partial charge in [-0.25, -0.2) is 0 Å². The fourth-order valence-corrected chi connectivity index (χ4v) is 0.621. The lowest BCUT2D eigenvalue weighted by Crippen LogP contribution is -2.51. The predicted octanol–water partition coefficient (Wildman–Crippen LogP) is 0.216. The van der Waals surface area contributed by atoms with Gasteiger partial charge in [-0.15, -0.1) is 11.6 Å². The van der Waals surface area contributed by atoms with E-state index >= 15 is 0 Å². The van der Waals surface area contributed by atoms with Gasteiger partial charge in [0.15, 0.2) is 6.17 Å². The minimum Gasteiger partial charge on any atom is -0.315 e. The number of quaternary nitrogens is 1. The number of nitrogens with zero attached hydrogens (tertiary/aromatic N) is 1. The van der Waals surface area contributed by atoms with Crippen LogP contribution in [0, 0.1) is 0 Å². The molecule has 0 aliphatic rings. The van der Waals surface area contributed by atoms with Crippen LogP contribution in [0.4, 0.5) is 0 Å². The van der Waals surface area contributed by atoms with Crippen LogP contribution in [0.15, 0.2) is 0 Å². The number of hydrogen-bond donors (Lipinski definition) is 1. The van der Waals surface area contributed by atoms with E-state index in [1.807, 2.05) is 21.1 Å². The highest BCUT2D eigenvalue weighted by Gasteiger charge is 2.16. The van der Waals surface area contributed by atoms with E-state index < -0.39 is 0 Å². The Bertz CT molecular complexity index is 67.3. The molecule has 2 N–H and O–H groups in total. The van der Waals surface area contributed by atoms with E-state index in [0.29, 0.717) is 5.88 Å². The highest BCUT2D eigenvalue weighted by atomic mass is 35.5. The summed E-state index contributed by atoms with van der Waals surface area (Å²) in [4.78, 5) is 0.